The van der Waals surface area contributed by atoms with E-state index in [1.807, 2.05) is 6.08 Å². The number of hydrogen-bond acceptors (Lipinski definition) is 3. The van der Waals surface area contributed by atoms with Crippen molar-refractivity contribution in [3.8, 4) is 0 Å². The predicted molar refractivity (Wildman–Crippen MR) is 123 cm³/mol. The second-order valence-corrected chi connectivity index (χ2v) is 10.7. The molecule has 0 aromatic carbocycles. The number of allylic oxidation sites excluding steroid dienone is 4. The second-order valence-electron chi connectivity index (χ2n) is 10.2. The first-order valence-corrected chi connectivity index (χ1v) is 11.8. The molecule has 0 spiro atoms. The van der Waals surface area contributed by atoms with E-state index in [9.17, 15) is 10.0 Å². The van der Waals surface area contributed by atoms with E-state index in [0.29, 0.717) is 30.4 Å². The Kier molecular flexibility index (Phi) is 7.83. The van der Waals surface area contributed by atoms with E-state index in [2.05, 4.69) is 50.1 Å². The molecule has 2 N–H and O–H groups in total. The normalized spacial score (nSPS) is 28.4. The molecule has 2 heterocycles. The lowest BCUT2D eigenvalue weighted by molar-refractivity contribution is -0.843. The van der Waals surface area contributed by atoms with E-state index in [0.717, 1.165) is 43.9 Å². The van der Waals surface area contributed by atoms with Crippen molar-refractivity contribution in [3.63, 3.8) is 0 Å². The number of carbonyl (C=O) groups is 1. The zero-order valence-corrected chi connectivity index (χ0v) is 19.7. The minimum atomic E-state index is -0.0630. The van der Waals surface area contributed by atoms with Crippen LogP contribution in [0.1, 0.15) is 53.4 Å². The molecule has 2 unspecified atom stereocenters. The van der Waals surface area contributed by atoms with Gasteiger partial charge < -0.3 is 20.5 Å². The number of hydroxylamine groups is 2. The summed E-state index contributed by atoms with van der Waals surface area (Å²) < 4.78 is 0. The number of hydrogen-bond donors (Lipinski definition) is 2. The van der Waals surface area contributed by atoms with Gasteiger partial charge >= 0.3 is 0 Å². The number of likely N-dealkylation sites (tertiary alicyclic amines) is 1. The smallest absolute Gasteiger partial charge is 0.252 e. The van der Waals surface area contributed by atoms with E-state index >= 15 is 0 Å². The minimum Gasteiger partial charge on any atom is -0.634 e. The standard InChI is InChI=1S/C24H38ClN3O2/c1-17(2)22(26-23(29)19-6-5-12-28(30)14-19)15-27-13-11-21(24(3,4)16-27)18-7-9-20(25)10-8-18/h6-7,9,17,21-22,28H,5,8,10-16H2,1-4H3,(H,26,29)/t21?,22-/m0/s1. The van der Waals surface area contributed by atoms with Crippen LogP contribution in [0, 0.1) is 22.5 Å². The fourth-order valence-corrected chi connectivity index (χ4v) is 5.30. The molecule has 0 aromatic rings. The molecular weight excluding hydrogens is 398 g/mol. The van der Waals surface area contributed by atoms with Crippen molar-refractivity contribution < 1.29 is 9.86 Å². The molecule has 0 radical (unpaired) electrons. The van der Waals surface area contributed by atoms with Gasteiger partial charge in [-0.25, -0.2) is 0 Å². The first kappa shape index (κ1) is 23.5. The molecule has 2 aliphatic heterocycles. The van der Waals surface area contributed by atoms with Crippen molar-refractivity contribution in [1.82, 2.24) is 10.2 Å². The molecular formula is C24H38ClN3O2. The van der Waals surface area contributed by atoms with Crippen molar-refractivity contribution in [3.05, 3.63) is 39.6 Å². The highest BCUT2D eigenvalue weighted by atomic mass is 35.5. The van der Waals surface area contributed by atoms with Crippen LogP contribution in [0.15, 0.2) is 34.4 Å². The van der Waals surface area contributed by atoms with Gasteiger partial charge in [0.05, 0.1) is 12.1 Å². The molecule has 5 nitrogen and oxygen atoms in total. The van der Waals surface area contributed by atoms with Gasteiger partial charge in [0, 0.05) is 30.6 Å². The Hall–Kier alpha value is -1.14. The van der Waals surface area contributed by atoms with Crippen molar-refractivity contribution in [1.29, 1.82) is 0 Å². The van der Waals surface area contributed by atoms with Crippen molar-refractivity contribution in [2.45, 2.75) is 59.4 Å². The summed E-state index contributed by atoms with van der Waals surface area (Å²) in [5, 5.41) is 16.1. The third-order valence-corrected chi connectivity index (χ3v) is 7.27. The number of nitrogens with zero attached hydrogens (tertiary/aromatic N) is 1. The summed E-state index contributed by atoms with van der Waals surface area (Å²) in [7, 11) is 0. The number of quaternary nitrogens is 1. The van der Waals surface area contributed by atoms with Gasteiger partial charge in [-0.05, 0) is 49.1 Å². The summed E-state index contributed by atoms with van der Waals surface area (Å²) in [6.45, 7) is 12.8. The van der Waals surface area contributed by atoms with Crippen LogP contribution >= 0.6 is 11.6 Å². The number of nitrogens with one attached hydrogen (secondary N) is 2. The van der Waals surface area contributed by atoms with Crippen molar-refractivity contribution >= 4 is 17.5 Å². The maximum absolute atomic E-state index is 12.7. The Balaban J connectivity index is 1.60. The van der Waals surface area contributed by atoms with Crippen LogP contribution < -0.4 is 10.4 Å². The first-order valence-electron chi connectivity index (χ1n) is 11.4. The quantitative estimate of drug-likeness (QED) is 0.630. The molecule has 1 amide bonds. The van der Waals surface area contributed by atoms with Gasteiger partial charge in [-0.3, -0.25) is 4.79 Å². The Morgan fingerprint density at radius 1 is 1.37 bits per heavy atom. The fraction of sp³-hybridized carbons (Fsp3) is 0.708. The highest BCUT2D eigenvalue weighted by Crippen LogP contribution is 2.42. The average Bonchev–Trinajstić information content (AvgIpc) is 2.67. The lowest BCUT2D eigenvalue weighted by Crippen LogP contribution is -3.08. The average molecular weight is 436 g/mol. The molecule has 1 fully saturated rings. The molecule has 1 saturated heterocycles. The summed E-state index contributed by atoms with van der Waals surface area (Å²) in [5.74, 6) is 0.857. The van der Waals surface area contributed by atoms with Crippen LogP contribution in [-0.2, 0) is 4.79 Å². The number of carbonyl (C=O) groups excluding carboxylic acids is 1. The molecule has 3 rings (SSSR count). The van der Waals surface area contributed by atoms with Gasteiger partial charge in [-0.2, -0.15) is 0 Å². The summed E-state index contributed by atoms with van der Waals surface area (Å²) in [4.78, 5) is 15.2. The van der Waals surface area contributed by atoms with Crippen molar-refractivity contribution in [2.75, 3.05) is 32.7 Å². The molecule has 0 saturated carbocycles. The Morgan fingerprint density at radius 2 is 2.13 bits per heavy atom. The monoisotopic (exact) mass is 435 g/mol. The fourth-order valence-electron chi connectivity index (χ4n) is 5.15. The van der Waals surface area contributed by atoms with E-state index in [4.69, 9.17) is 11.6 Å². The van der Waals surface area contributed by atoms with E-state index in [-0.39, 0.29) is 29.0 Å². The van der Waals surface area contributed by atoms with Gasteiger partial charge in [0.15, 0.2) is 0 Å². The molecule has 3 aliphatic rings. The lowest BCUT2D eigenvalue weighted by Gasteiger charge is -2.47. The van der Waals surface area contributed by atoms with E-state index in [1.54, 1.807) is 0 Å². The molecule has 0 aromatic heterocycles. The van der Waals surface area contributed by atoms with Gasteiger partial charge in [-0.1, -0.05) is 57.0 Å². The van der Waals surface area contributed by atoms with Crippen LogP contribution in [0.5, 0.6) is 0 Å². The van der Waals surface area contributed by atoms with Gasteiger partial charge in [-0.15, -0.1) is 0 Å². The van der Waals surface area contributed by atoms with Crippen LogP contribution in [-0.4, -0.2) is 49.6 Å². The maximum Gasteiger partial charge on any atom is 0.252 e. The topological polar surface area (TPSA) is 59.8 Å². The highest BCUT2D eigenvalue weighted by molar-refractivity contribution is 6.29. The molecule has 3 atom stereocenters. The van der Waals surface area contributed by atoms with Crippen molar-refractivity contribution in [2.24, 2.45) is 17.3 Å². The third kappa shape index (κ3) is 5.97. The number of rotatable bonds is 6. The Labute approximate surface area is 186 Å². The molecule has 30 heavy (non-hydrogen) atoms. The highest BCUT2D eigenvalue weighted by Gasteiger charge is 2.38. The molecule has 1 aliphatic carbocycles. The first-order chi connectivity index (χ1) is 14.2. The third-order valence-electron chi connectivity index (χ3n) is 6.96. The van der Waals surface area contributed by atoms with Crippen LogP contribution in [0.2, 0.25) is 0 Å². The SMILES string of the molecule is CC(C)[C@H](CN1CCC(C2=CC=C(Cl)CC2)C(C)(C)C1)NC(=O)C1=CCC[NH+]([O-])C1. The van der Waals surface area contributed by atoms with Gasteiger partial charge in [0.25, 0.3) is 5.91 Å². The van der Waals surface area contributed by atoms with E-state index in [1.165, 1.54) is 5.57 Å². The maximum atomic E-state index is 12.7. The number of halogens is 1. The summed E-state index contributed by atoms with van der Waals surface area (Å²) >= 11 is 6.16. The van der Waals surface area contributed by atoms with Crippen LogP contribution in [0.25, 0.3) is 0 Å². The zero-order valence-electron chi connectivity index (χ0n) is 19.0. The lowest BCUT2D eigenvalue weighted by atomic mass is 9.68. The Bertz CT molecular complexity index is 726. The Morgan fingerprint density at radius 3 is 2.73 bits per heavy atom. The summed E-state index contributed by atoms with van der Waals surface area (Å²) in [5.41, 5.74) is 2.37. The summed E-state index contributed by atoms with van der Waals surface area (Å²) in [6, 6.07) is 0.0819. The minimum absolute atomic E-state index is 0.0630. The molecule has 168 valence electrons. The summed E-state index contributed by atoms with van der Waals surface area (Å²) in [6.07, 6.45) is 10.1. The van der Waals surface area contributed by atoms with Gasteiger partial charge in [0.2, 0.25) is 0 Å². The van der Waals surface area contributed by atoms with Crippen LogP contribution in [0.4, 0.5) is 0 Å². The number of amides is 1. The van der Waals surface area contributed by atoms with Crippen LogP contribution in [0.3, 0.4) is 0 Å². The van der Waals surface area contributed by atoms with E-state index < -0.39 is 0 Å². The second kappa shape index (κ2) is 9.99. The number of piperidine rings is 1. The zero-order chi connectivity index (χ0) is 21.9. The predicted octanol–water partition coefficient (Wildman–Crippen LogP) is 3.03. The molecule has 0 bridgehead atoms. The molecule has 6 heteroatoms. The van der Waals surface area contributed by atoms with Gasteiger partial charge in [0.1, 0.15) is 6.54 Å². The largest absolute Gasteiger partial charge is 0.634 e.